The number of unbranched alkanes of at least 4 members (excludes halogenated alkanes) is 7. The summed E-state index contributed by atoms with van der Waals surface area (Å²) < 4.78 is 42.7. The second-order valence-electron chi connectivity index (χ2n) is 15.3. The predicted octanol–water partition coefficient (Wildman–Crippen LogP) is 6.01. The molecule has 2 saturated carbocycles. The van der Waals surface area contributed by atoms with Gasteiger partial charge in [-0.1, -0.05) is 0 Å². The monoisotopic (exact) mass is 780 g/mol. The molecule has 0 radical (unpaired) electrons. The zero-order valence-corrected chi connectivity index (χ0v) is 32.7. The maximum Gasteiger partial charge on any atom is 0.309 e. The largest absolute Gasteiger partial charge is 0.466 e. The van der Waals surface area contributed by atoms with Crippen molar-refractivity contribution in [3.05, 3.63) is 0 Å². The van der Waals surface area contributed by atoms with Gasteiger partial charge < -0.3 is 37.9 Å². The molecule has 4 aliphatic rings. The third kappa shape index (κ3) is 19.9. The Kier molecular flexibility index (Phi) is 20.9. The Balaban J connectivity index is 0.813. The molecule has 0 N–H and O–H groups in total. The number of epoxide rings is 2. The number of esters is 6. The minimum Gasteiger partial charge on any atom is -0.466 e. The highest BCUT2D eigenvalue weighted by atomic mass is 16.6. The van der Waals surface area contributed by atoms with Crippen LogP contribution >= 0.6 is 0 Å². The van der Waals surface area contributed by atoms with Crippen molar-refractivity contribution < 1.29 is 66.7 Å². The zero-order valence-electron chi connectivity index (χ0n) is 32.7. The summed E-state index contributed by atoms with van der Waals surface area (Å²) in [7, 11) is 0. The SMILES string of the molecule is O=C(CCCCCOC(=O)CCCCOC(=O)CCCCOC(=O)CCCCOC(=O)C1CCC2OC2C1)OCCCCCC(=O)OCC1CCC2OC2C1. The molecule has 0 spiro atoms. The van der Waals surface area contributed by atoms with Gasteiger partial charge in [0.2, 0.25) is 0 Å². The van der Waals surface area contributed by atoms with Crippen LogP contribution in [-0.4, -0.2) is 99.9 Å². The third-order valence-corrected chi connectivity index (χ3v) is 10.6. The predicted molar refractivity (Wildman–Crippen MR) is 196 cm³/mol. The van der Waals surface area contributed by atoms with E-state index in [1.54, 1.807) is 0 Å². The molecule has 14 nitrogen and oxygen atoms in total. The first-order chi connectivity index (χ1) is 26.8. The van der Waals surface area contributed by atoms with Gasteiger partial charge in [-0.25, -0.2) is 0 Å². The summed E-state index contributed by atoms with van der Waals surface area (Å²) in [6.45, 7) is 1.90. The second-order valence-corrected chi connectivity index (χ2v) is 15.3. The molecule has 2 aliphatic carbocycles. The van der Waals surface area contributed by atoms with E-state index < -0.39 is 0 Å². The van der Waals surface area contributed by atoms with E-state index in [9.17, 15) is 28.8 Å². The Hall–Kier alpha value is -3.26. The lowest BCUT2D eigenvalue weighted by atomic mass is 9.89. The van der Waals surface area contributed by atoms with Gasteiger partial charge in [0.1, 0.15) is 0 Å². The molecule has 6 atom stereocenters. The Morgan fingerprint density at radius 1 is 0.382 bits per heavy atom. The molecule has 2 aliphatic heterocycles. The highest BCUT2D eigenvalue weighted by molar-refractivity contribution is 5.73. The topological polar surface area (TPSA) is 183 Å². The van der Waals surface area contributed by atoms with Gasteiger partial charge in [0.15, 0.2) is 0 Å². The number of rotatable bonds is 30. The fourth-order valence-corrected chi connectivity index (χ4v) is 7.07. The first kappa shape index (κ1) is 44.5. The van der Waals surface area contributed by atoms with Gasteiger partial charge >= 0.3 is 35.8 Å². The third-order valence-electron chi connectivity index (χ3n) is 10.6. The maximum atomic E-state index is 12.1. The first-order valence-corrected chi connectivity index (χ1v) is 21.0. The van der Waals surface area contributed by atoms with Crippen molar-refractivity contribution in [1.29, 1.82) is 0 Å². The Morgan fingerprint density at radius 3 is 1.22 bits per heavy atom. The van der Waals surface area contributed by atoms with E-state index in [2.05, 4.69) is 0 Å². The van der Waals surface area contributed by atoms with E-state index in [-0.39, 0.29) is 80.3 Å². The average Bonchev–Trinajstić information content (AvgIpc) is 4.11. The second kappa shape index (κ2) is 25.8. The first-order valence-electron chi connectivity index (χ1n) is 21.0. The molecule has 4 rings (SSSR count). The van der Waals surface area contributed by atoms with E-state index in [0.29, 0.717) is 128 Å². The maximum absolute atomic E-state index is 12.1. The van der Waals surface area contributed by atoms with Gasteiger partial charge in [0.25, 0.3) is 0 Å². The van der Waals surface area contributed by atoms with Crippen molar-refractivity contribution in [3.63, 3.8) is 0 Å². The highest BCUT2D eigenvalue weighted by Gasteiger charge is 2.46. The number of carbonyl (C=O) groups is 6. The van der Waals surface area contributed by atoms with Gasteiger partial charge in [-0.2, -0.15) is 0 Å². The molecule has 6 unspecified atom stereocenters. The van der Waals surface area contributed by atoms with Crippen LogP contribution in [0.4, 0.5) is 0 Å². The number of hydrogen-bond acceptors (Lipinski definition) is 14. The summed E-state index contributed by atoms with van der Waals surface area (Å²) in [6.07, 6.45) is 16.2. The Morgan fingerprint density at radius 2 is 0.764 bits per heavy atom. The lowest BCUT2D eigenvalue weighted by Gasteiger charge is -2.18. The van der Waals surface area contributed by atoms with Crippen molar-refractivity contribution in [2.24, 2.45) is 11.8 Å². The van der Waals surface area contributed by atoms with E-state index in [1.807, 2.05) is 0 Å². The van der Waals surface area contributed by atoms with Crippen LogP contribution in [0.3, 0.4) is 0 Å². The van der Waals surface area contributed by atoms with Crippen molar-refractivity contribution in [2.75, 3.05) is 39.6 Å². The van der Waals surface area contributed by atoms with Crippen LogP contribution in [0, 0.1) is 11.8 Å². The fourth-order valence-electron chi connectivity index (χ4n) is 7.07. The summed E-state index contributed by atoms with van der Waals surface area (Å²) >= 11 is 0. The van der Waals surface area contributed by atoms with Gasteiger partial charge in [0.05, 0.1) is 70.0 Å². The van der Waals surface area contributed by atoms with Crippen LogP contribution in [-0.2, 0) is 66.7 Å². The summed E-state index contributed by atoms with van der Waals surface area (Å²) in [5.74, 6) is -1.14. The van der Waals surface area contributed by atoms with Gasteiger partial charge in [0, 0.05) is 32.1 Å². The minimum atomic E-state index is -0.323. The van der Waals surface area contributed by atoms with E-state index in [1.165, 1.54) is 0 Å². The van der Waals surface area contributed by atoms with Crippen LogP contribution < -0.4 is 0 Å². The lowest BCUT2D eigenvalue weighted by Crippen LogP contribution is -2.24. The molecule has 312 valence electrons. The molecule has 14 heteroatoms. The molecule has 0 aromatic rings. The Labute approximate surface area is 325 Å². The fraction of sp³-hybridized carbons (Fsp3) is 0.854. The van der Waals surface area contributed by atoms with Crippen molar-refractivity contribution >= 4 is 35.8 Å². The van der Waals surface area contributed by atoms with Crippen molar-refractivity contribution in [3.8, 4) is 0 Å². The molecular formula is C41H64O14. The average molecular weight is 781 g/mol. The van der Waals surface area contributed by atoms with E-state index >= 15 is 0 Å². The number of ether oxygens (including phenoxy) is 8. The van der Waals surface area contributed by atoms with Crippen LogP contribution in [0.5, 0.6) is 0 Å². The molecule has 2 heterocycles. The molecule has 0 amide bonds. The highest BCUT2D eigenvalue weighted by Crippen LogP contribution is 2.40. The number of fused-ring (bicyclic) bond motifs is 2. The summed E-state index contributed by atoms with van der Waals surface area (Å²) in [4.78, 5) is 71.8. The summed E-state index contributed by atoms with van der Waals surface area (Å²) in [5, 5.41) is 0. The van der Waals surface area contributed by atoms with Gasteiger partial charge in [-0.3, -0.25) is 28.8 Å². The van der Waals surface area contributed by atoms with Gasteiger partial charge in [-0.15, -0.1) is 0 Å². The lowest BCUT2D eigenvalue weighted by molar-refractivity contribution is -0.150. The van der Waals surface area contributed by atoms with Crippen LogP contribution in [0.15, 0.2) is 0 Å². The smallest absolute Gasteiger partial charge is 0.309 e. The van der Waals surface area contributed by atoms with Crippen LogP contribution in [0.25, 0.3) is 0 Å². The molecule has 0 aromatic heterocycles. The number of carbonyl (C=O) groups excluding carboxylic acids is 6. The molecular weight excluding hydrogens is 716 g/mol. The molecule has 2 saturated heterocycles. The molecule has 0 bridgehead atoms. The van der Waals surface area contributed by atoms with Crippen LogP contribution in [0.1, 0.15) is 148 Å². The summed E-state index contributed by atoms with van der Waals surface area (Å²) in [6, 6.07) is 0. The van der Waals surface area contributed by atoms with Gasteiger partial charge in [-0.05, 0) is 121 Å². The number of hydrogen-bond donors (Lipinski definition) is 0. The molecule has 0 aromatic carbocycles. The Bertz CT molecular complexity index is 1210. The van der Waals surface area contributed by atoms with Crippen molar-refractivity contribution in [2.45, 2.75) is 172 Å². The molecule has 4 fully saturated rings. The van der Waals surface area contributed by atoms with E-state index in [0.717, 1.165) is 51.4 Å². The van der Waals surface area contributed by atoms with Crippen LogP contribution in [0.2, 0.25) is 0 Å². The normalized spacial score (nSPS) is 23.3. The zero-order chi connectivity index (χ0) is 39.1. The standard InChI is InChI=1S/C41H64O14/c42-36(48-22-9-2-4-14-40(46)53-29-30-18-20-32-34(27-30)54-32)13-3-1-8-23-49-37(43)15-5-10-24-50-38(44)16-6-11-25-51-39(45)17-7-12-26-52-41(47)31-19-21-33-35(28-31)55-33/h30-35H,1-29H2. The summed E-state index contributed by atoms with van der Waals surface area (Å²) in [5.41, 5.74) is 0. The van der Waals surface area contributed by atoms with E-state index in [4.69, 9.17) is 37.9 Å². The van der Waals surface area contributed by atoms with Crippen molar-refractivity contribution in [1.82, 2.24) is 0 Å². The molecule has 55 heavy (non-hydrogen) atoms. The quantitative estimate of drug-likeness (QED) is 0.0357. The minimum absolute atomic E-state index is 0.0685.